The first-order valence-electron chi connectivity index (χ1n) is 4.26. The van der Waals surface area contributed by atoms with Crippen LogP contribution in [0.2, 0.25) is 5.15 Å². The van der Waals surface area contributed by atoms with Gasteiger partial charge in [-0.3, -0.25) is 9.36 Å². The average molecular weight is 242 g/mol. The van der Waals surface area contributed by atoms with E-state index >= 15 is 0 Å². The van der Waals surface area contributed by atoms with Gasteiger partial charge in [0.05, 0.1) is 5.69 Å². The molecule has 0 atom stereocenters. The topological polar surface area (TPSA) is 47.8 Å². The van der Waals surface area contributed by atoms with Crippen molar-refractivity contribution in [3.05, 3.63) is 27.7 Å². The van der Waals surface area contributed by atoms with Crippen LogP contribution in [0.25, 0.3) is 5.13 Å². The standard InChI is InChI=1S/C9H8ClN3OS/c1-5-3-13(6(2)11-5)9-12-8(10)7(4-14)15-9/h3-4H,1-2H3. The normalized spacial score (nSPS) is 10.6. The summed E-state index contributed by atoms with van der Waals surface area (Å²) in [7, 11) is 0. The lowest BCUT2D eigenvalue weighted by Crippen LogP contribution is -1.93. The molecule has 0 aliphatic rings. The van der Waals surface area contributed by atoms with Gasteiger partial charge in [0.25, 0.3) is 0 Å². The molecule has 2 rings (SSSR count). The van der Waals surface area contributed by atoms with Crippen LogP contribution in [0, 0.1) is 13.8 Å². The van der Waals surface area contributed by atoms with E-state index in [-0.39, 0.29) is 5.15 Å². The van der Waals surface area contributed by atoms with Gasteiger partial charge in [0.2, 0.25) is 0 Å². The van der Waals surface area contributed by atoms with E-state index in [2.05, 4.69) is 9.97 Å². The average Bonchev–Trinajstić information content (AvgIpc) is 2.69. The van der Waals surface area contributed by atoms with Gasteiger partial charge in [0.1, 0.15) is 10.7 Å². The Morgan fingerprint density at radius 2 is 2.20 bits per heavy atom. The van der Waals surface area contributed by atoms with Crippen LogP contribution >= 0.6 is 22.9 Å². The molecule has 0 bridgehead atoms. The Kier molecular flexibility index (Phi) is 2.58. The lowest BCUT2D eigenvalue weighted by molar-refractivity contribution is 0.112. The molecule has 0 saturated carbocycles. The van der Waals surface area contributed by atoms with Crippen molar-refractivity contribution in [2.24, 2.45) is 0 Å². The number of aryl methyl sites for hydroxylation is 2. The van der Waals surface area contributed by atoms with E-state index < -0.39 is 0 Å². The van der Waals surface area contributed by atoms with E-state index in [0.717, 1.165) is 11.5 Å². The first-order valence-corrected chi connectivity index (χ1v) is 5.45. The fourth-order valence-electron chi connectivity index (χ4n) is 1.29. The molecular formula is C9H8ClN3OS. The second kappa shape index (κ2) is 3.75. The predicted octanol–water partition coefficient (Wildman–Crippen LogP) is 2.41. The number of hydrogen-bond donors (Lipinski definition) is 0. The number of carbonyl (C=O) groups excluding carboxylic acids is 1. The van der Waals surface area contributed by atoms with E-state index in [0.29, 0.717) is 16.3 Å². The van der Waals surface area contributed by atoms with E-state index in [1.165, 1.54) is 11.3 Å². The summed E-state index contributed by atoms with van der Waals surface area (Å²) in [6.45, 7) is 3.78. The van der Waals surface area contributed by atoms with Gasteiger partial charge < -0.3 is 0 Å². The number of rotatable bonds is 2. The predicted molar refractivity (Wildman–Crippen MR) is 59.1 cm³/mol. The van der Waals surface area contributed by atoms with Crippen molar-refractivity contribution in [2.75, 3.05) is 0 Å². The van der Waals surface area contributed by atoms with Crippen LogP contribution in [-0.4, -0.2) is 20.8 Å². The number of carbonyl (C=O) groups is 1. The number of halogens is 1. The van der Waals surface area contributed by atoms with Crippen molar-refractivity contribution < 1.29 is 4.79 Å². The number of aldehydes is 1. The molecule has 0 aliphatic carbocycles. The largest absolute Gasteiger partial charge is 0.297 e. The minimum absolute atomic E-state index is 0.246. The number of thiazole rings is 1. The maximum atomic E-state index is 10.6. The van der Waals surface area contributed by atoms with Gasteiger partial charge >= 0.3 is 0 Å². The summed E-state index contributed by atoms with van der Waals surface area (Å²) in [4.78, 5) is 19.4. The Labute approximate surface area is 95.5 Å². The van der Waals surface area contributed by atoms with E-state index in [4.69, 9.17) is 11.6 Å². The lowest BCUT2D eigenvalue weighted by Gasteiger charge is -1.96. The third-order valence-corrected chi connectivity index (χ3v) is 3.29. The zero-order valence-corrected chi connectivity index (χ0v) is 9.76. The van der Waals surface area contributed by atoms with E-state index in [1.54, 1.807) is 0 Å². The number of nitrogens with zero attached hydrogens (tertiary/aromatic N) is 3. The zero-order chi connectivity index (χ0) is 11.0. The van der Waals surface area contributed by atoms with Crippen molar-refractivity contribution in [3.63, 3.8) is 0 Å². The van der Waals surface area contributed by atoms with Gasteiger partial charge in [-0.05, 0) is 13.8 Å². The molecule has 6 heteroatoms. The summed E-state index contributed by atoms with van der Waals surface area (Å²) >= 11 is 7.04. The van der Waals surface area contributed by atoms with Gasteiger partial charge in [-0.25, -0.2) is 9.97 Å². The SMILES string of the molecule is Cc1cn(-c2nc(Cl)c(C=O)s2)c(C)n1. The van der Waals surface area contributed by atoms with Crippen molar-refractivity contribution in [1.82, 2.24) is 14.5 Å². The second-order valence-electron chi connectivity index (χ2n) is 3.07. The first kappa shape index (κ1) is 10.3. The van der Waals surface area contributed by atoms with Crippen LogP contribution in [0.5, 0.6) is 0 Å². The smallest absolute Gasteiger partial charge is 0.197 e. The highest BCUT2D eigenvalue weighted by molar-refractivity contribution is 7.16. The van der Waals surface area contributed by atoms with Crippen LogP contribution in [0.4, 0.5) is 0 Å². The molecular weight excluding hydrogens is 234 g/mol. The highest BCUT2D eigenvalue weighted by Gasteiger charge is 2.12. The second-order valence-corrected chi connectivity index (χ2v) is 4.44. The molecule has 0 saturated heterocycles. The van der Waals surface area contributed by atoms with Crippen molar-refractivity contribution >= 4 is 29.2 Å². The van der Waals surface area contributed by atoms with Gasteiger partial charge in [0.15, 0.2) is 16.6 Å². The number of imidazole rings is 1. The summed E-state index contributed by atoms with van der Waals surface area (Å²) in [6, 6.07) is 0. The summed E-state index contributed by atoms with van der Waals surface area (Å²) in [5, 5.41) is 0.913. The molecule has 0 unspecified atom stereocenters. The first-order chi connectivity index (χ1) is 7.11. The Hall–Kier alpha value is -1.20. The fourth-order valence-corrected chi connectivity index (χ4v) is 2.38. The van der Waals surface area contributed by atoms with Gasteiger partial charge in [0, 0.05) is 6.20 Å². The minimum Gasteiger partial charge on any atom is -0.297 e. The molecule has 0 radical (unpaired) electrons. The summed E-state index contributed by atoms with van der Waals surface area (Å²) in [6.07, 6.45) is 2.57. The Morgan fingerprint density at radius 1 is 1.47 bits per heavy atom. The Morgan fingerprint density at radius 3 is 2.67 bits per heavy atom. The minimum atomic E-state index is 0.246. The molecule has 0 spiro atoms. The number of hydrogen-bond acceptors (Lipinski definition) is 4. The van der Waals surface area contributed by atoms with Crippen molar-refractivity contribution in [2.45, 2.75) is 13.8 Å². The summed E-state index contributed by atoms with van der Waals surface area (Å²) in [5.74, 6) is 0.829. The van der Waals surface area contributed by atoms with Gasteiger partial charge in [-0.1, -0.05) is 22.9 Å². The van der Waals surface area contributed by atoms with Gasteiger partial charge in [-0.2, -0.15) is 0 Å². The van der Waals surface area contributed by atoms with Crippen LogP contribution in [0.15, 0.2) is 6.20 Å². The lowest BCUT2D eigenvalue weighted by atomic mass is 10.6. The van der Waals surface area contributed by atoms with Crippen LogP contribution < -0.4 is 0 Å². The fraction of sp³-hybridized carbons (Fsp3) is 0.222. The molecule has 0 fully saturated rings. The summed E-state index contributed by atoms with van der Waals surface area (Å²) < 4.78 is 1.82. The molecule has 0 aromatic carbocycles. The van der Waals surface area contributed by atoms with Crippen LogP contribution in [0.3, 0.4) is 0 Å². The molecule has 4 nitrogen and oxygen atoms in total. The molecule has 0 amide bonds. The molecule has 15 heavy (non-hydrogen) atoms. The third-order valence-electron chi connectivity index (χ3n) is 1.91. The maximum Gasteiger partial charge on any atom is 0.197 e. The molecule has 2 aromatic heterocycles. The third kappa shape index (κ3) is 1.80. The highest BCUT2D eigenvalue weighted by atomic mass is 35.5. The van der Waals surface area contributed by atoms with Gasteiger partial charge in [-0.15, -0.1) is 0 Å². The monoisotopic (exact) mass is 241 g/mol. The highest BCUT2D eigenvalue weighted by Crippen LogP contribution is 2.25. The quantitative estimate of drug-likeness (QED) is 0.759. The van der Waals surface area contributed by atoms with E-state index in [9.17, 15) is 4.79 Å². The van der Waals surface area contributed by atoms with Crippen molar-refractivity contribution in [3.8, 4) is 5.13 Å². The Balaban J connectivity index is 2.54. The molecule has 2 aromatic rings. The Bertz CT molecular complexity index is 517. The molecule has 0 N–H and O–H groups in total. The summed E-state index contributed by atoms with van der Waals surface area (Å²) in [5.41, 5.74) is 0.909. The van der Waals surface area contributed by atoms with E-state index in [1.807, 2.05) is 24.6 Å². The van der Waals surface area contributed by atoms with Crippen molar-refractivity contribution in [1.29, 1.82) is 0 Å². The molecule has 2 heterocycles. The van der Waals surface area contributed by atoms with Crippen LogP contribution in [0.1, 0.15) is 21.2 Å². The molecule has 0 aliphatic heterocycles. The van der Waals surface area contributed by atoms with Crippen LogP contribution in [-0.2, 0) is 0 Å². The number of aromatic nitrogens is 3. The molecule has 78 valence electrons. The zero-order valence-electron chi connectivity index (χ0n) is 8.19. The maximum absolute atomic E-state index is 10.6.